The molecular weight excluding hydrogens is 328 g/mol. The van der Waals surface area contributed by atoms with Gasteiger partial charge in [0, 0.05) is 19.1 Å². The SMILES string of the molecule is CCCCOC(=O)NC1CCN(C(=O)C23CC4CC(CC(C4)C2)C3)CC1. The molecule has 4 bridgehead atoms. The van der Waals surface area contributed by atoms with E-state index in [0.29, 0.717) is 12.5 Å². The molecule has 5 fully saturated rings. The molecule has 0 unspecified atom stereocenters. The largest absolute Gasteiger partial charge is 0.450 e. The topological polar surface area (TPSA) is 58.6 Å². The van der Waals surface area contributed by atoms with E-state index in [4.69, 9.17) is 4.74 Å². The summed E-state index contributed by atoms with van der Waals surface area (Å²) >= 11 is 0. The van der Waals surface area contributed by atoms with Gasteiger partial charge in [-0.25, -0.2) is 4.79 Å². The molecule has 1 saturated heterocycles. The van der Waals surface area contributed by atoms with Crippen molar-refractivity contribution >= 4 is 12.0 Å². The highest BCUT2D eigenvalue weighted by Gasteiger charge is 2.55. The van der Waals surface area contributed by atoms with Crippen LogP contribution in [-0.2, 0) is 9.53 Å². The first kappa shape index (κ1) is 18.1. The highest BCUT2D eigenvalue weighted by molar-refractivity contribution is 5.83. The summed E-state index contributed by atoms with van der Waals surface area (Å²) in [4.78, 5) is 27.3. The third kappa shape index (κ3) is 3.59. The lowest BCUT2D eigenvalue weighted by atomic mass is 9.49. The van der Waals surface area contributed by atoms with Crippen molar-refractivity contribution in [2.45, 2.75) is 77.2 Å². The van der Waals surface area contributed by atoms with E-state index in [-0.39, 0.29) is 17.6 Å². The highest BCUT2D eigenvalue weighted by Crippen LogP contribution is 2.60. The maximum atomic E-state index is 13.4. The number of hydrogen-bond donors (Lipinski definition) is 1. The molecule has 4 saturated carbocycles. The number of ether oxygens (including phenoxy) is 1. The highest BCUT2D eigenvalue weighted by atomic mass is 16.5. The van der Waals surface area contributed by atoms with Crippen molar-refractivity contribution < 1.29 is 14.3 Å². The summed E-state index contributed by atoms with van der Waals surface area (Å²) in [5, 5.41) is 2.97. The third-order valence-electron chi connectivity index (χ3n) is 7.33. The van der Waals surface area contributed by atoms with Crippen molar-refractivity contribution in [1.29, 1.82) is 0 Å². The molecule has 1 N–H and O–H groups in total. The van der Waals surface area contributed by atoms with Gasteiger partial charge in [-0.1, -0.05) is 13.3 Å². The zero-order chi connectivity index (χ0) is 18.1. The first-order chi connectivity index (χ1) is 12.6. The zero-order valence-corrected chi connectivity index (χ0v) is 16.2. The van der Waals surface area contributed by atoms with Crippen LogP contribution in [0.4, 0.5) is 4.79 Å². The Morgan fingerprint density at radius 2 is 1.62 bits per heavy atom. The minimum atomic E-state index is -0.302. The number of hydrogen-bond acceptors (Lipinski definition) is 3. The van der Waals surface area contributed by atoms with Crippen molar-refractivity contribution in [3.63, 3.8) is 0 Å². The predicted octanol–water partition coefficient (Wildman–Crippen LogP) is 3.72. The van der Waals surface area contributed by atoms with Gasteiger partial charge in [-0.15, -0.1) is 0 Å². The first-order valence-corrected chi connectivity index (χ1v) is 10.8. The molecule has 0 atom stereocenters. The molecule has 1 heterocycles. The van der Waals surface area contributed by atoms with Gasteiger partial charge in [-0.05, 0) is 75.5 Å². The fraction of sp³-hybridized carbons (Fsp3) is 0.905. The summed E-state index contributed by atoms with van der Waals surface area (Å²) in [6.07, 6.45) is 10.9. The lowest BCUT2D eigenvalue weighted by molar-refractivity contribution is -0.158. The van der Waals surface area contributed by atoms with Gasteiger partial charge < -0.3 is 15.0 Å². The summed E-state index contributed by atoms with van der Waals surface area (Å²) in [7, 11) is 0. The number of amides is 2. The molecule has 0 spiro atoms. The minimum Gasteiger partial charge on any atom is -0.450 e. The quantitative estimate of drug-likeness (QED) is 0.758. The van der Waals surface area contributed by atoms with Crippen LogP contribution in [0.15, 0.2) is 0 Å². The van der Waals surface area contributed by atoms with Gasteiger partial charge in [0.1, 0.15) is 0 Å². The van der Waals surface area contributed by atoms with Gasteiger partial charge in [0.05, 0.1) is 12.0 Å². The zero-order valence-electron chi connectivity index (χ0n) is 16.2. The van der Waals surface area contributed by atoms with Gasteiger partial charge >= 0.3 is 6.09 Å². The maximum Gasteiger partial charge on any atom is 0.407 e. The number of alkyl carbamates (subject to hydrolysis) is 1. The van der Waals surface area contributed by atoms with E-state index >= 15 is 0 Å². The molecule has 26 heavy (non-hydrogen) atoms. The Balaban J connectivity index is 1.27. The molecule has 2 amide bonds. The van der Waals surface area contributed by atoms with Crippen molar-refractivity contribution in [1.82, 2.24) is 10.2 Å². The van der Waals surface area contributed by atoms with E-state index in [9.17, 15) is 9.59 Å². The summed E-state index contributed by atoms with van der Waals surface area (Å²) < 4.78 is 5.19. The predicted molar refractivity (Wildman–Crippen MR) is 99.6 cm³/mol. The number of piperidine rings is 1. The van der Waals surface area contributed by atoms with Crippen LogP contribution in [0.2, 0.25) is 0 Å². The summed E-state index contributed by atoms with van der Waals surface area (Å²) in [5.41, 5.74) is -0.0336. The molecule has 0 aromatic heterocycles. The van der Waals surface area contributed by atoms with Crippen LogP contribution in [-0.4, -0.2) is 42.6 Å². The molecule has 0 radical (unpaired) electrons. The molecule has 5 aliphatic rings. The standard InChI is InChI=1S/C21H34N2O3/c1-2-3-8-26-20(25)22-18-4-6-23(7-5-18)19(24)21-12-15-9-16(13-21)11-17(10-15)14-21/h15-18H,2-14H2,1H3,(H,22,25). The number of carbonyl (C=O) groups is 2. The van der Waals surface area contributed by atoms with Crippen molar-refractivity contribution in [2.24, 2.45) is 23.2 Å². The second-order valence-corrected chi connectivity index (χ2v) is 9.40. The van der Waals surface area contributed by atoms with Crippen LogP contribution in [0.25, 0.3) is 0 Å². The molecule has 146 valence electrons. The fourth-order valence-corrected chi connectivity index (χ4v) is 6.45. The second kappa shape index (κ2) is 7.40. The van der Waals surface area contributed by atoms with Crippen LogP contribution >= 0.6 is 0 Å². The van der Waals surface area contributed by atoms with E-state index < -0.39 is 0 Å². The fourth-order valence-electron chi connectivity index (χ4n) is 6.45. The van der Waals surface area contributed by atoms with E-state index in [2.05, 4.69) is 17.1 Å². The Hall–Kier alpha value is -1.26. The Morgan fingerprint density at radius 1 is 1.04 bits per heavy atom. The second-order valence-electron chi connectivity index (χ2n) is 9.40. The molecular formula is C21H34N2O3. The summed E-state index contributed by atoms with van der Waals surface area (Å²) in [6.45, 7) is 4.13. The molecule has 0 aromatic carbocycles. The molecule has 1 aliphatic heterocycles. The van der Waals surface area contributed by atoms with Crippen LogP contribution < -0.4 is 5.32 Å². The lowest BCUT2D eigenvalue weighted by Crippen LogP contribution is -2.56. The normalized spacial score (nSPS) is 36.2. The molecule has 5 rings (SSSR count). The average molecular weight is 363 g/mol. The Morgan fingerprint density at radius 3 is 2.15 bits per heavy atom. The Bertz CT molecular complexity index is 504. The molecule has 4 aliphatic carbocycles. The van der Waals surface area contributed by atoms with Gasteiger partial charge in [0.15, 0.2) is 0 Å². The number of nitrogens with one attached hydrogen (secondary N) is 1. The number of unbranched alkanes of at least 4 members (excludes halogenated alkanes) is 1. The van der Waals surface area contributed by atoms with E-state index in [1.165, 1.54) is 19.3 Å². The number of likely N-dealkylation sites (tertiary alicyclic amines) is 1. The molecule has 5 heteroatoms. The number of rotatable bonds is 5. The van der Waals surface area contributed by atoms with Crippen LogP contribution in [0.5, 0.6) is 0 Å². The van der Waals surface area contributed by atoms with Crippen LogP contribution in [0.1, 0.15) is 71.1 Å². The monoisotopic (exact) mass is 362 g/mol. The van der Waals surface area contributed by atoms with Crippen molar-refractivity contribution in [2.75, 3.05) is 19.7 Å². The summed E-state index contributed by atoms with van der Waals surface area (Å²) in [5.74, 6) is 2.85. The number of carbonyl (C=O) groups excluding carboxylic acids is 2. The molecule has 5 nitrogen and oxygen atoms in total. The van der Waals surface area contributed by atoms with E-state index in [1.54, 1.807) is 0 Å². The van der Waals surface area contributed by atoms with Gasteiger partial charge in [-0.2, -0.15) is 0 Å². The van der Waals surface area contributed by atoms with Gasteiger partial charge in [-0.3, -0.25) is 4.79 Å². The van der Waals surface area contributed by atoms with Crippen LogP contribution in [0.3, 0.4) is 0 Å². The average Bonchev–Trinajstić information content (AvgIpc) is 2.61. The van der Waals surface area contributed by atoms with Crippen LogP contribution in [0, 0.1) is 23.2 Å². The van der Waals surface area contributed by atoms with Crippen molar-refractivity contribution in [3.05, 3.63) is 0 Å². The van der Waals surface area contributed by atoms with Gasteiger partial charge in [0.2, 0.25) is 5.91 Å². The summed E-state index contributed by atoms with van der Waals surface area (Å²) in [6, 6.07) is 0.143. The Labute approximate surface area is 157 Å². The van der Waals surface area contributed by atoms with E-state index in [1.807, 2.05) is 0 Å². The van der Waals surface area contributed by atoms with E-state index in [0.717, 1.165) is 75.8 Å². The number of nitrogens with zero attached hydrogens (tertiary/aromatic N) is 1. The lowest BCUT2D eigenvalue weighted by Gasteiger charge is -2.57. The van der Waals surface area contributed by atoms with Crippen molar-refractivity contribution in [3.8, 4) is 0 Å². The first-order valence-electron chi connectivity index (χ1n) is 10.8. The molecule has 0 aromatic rings. The smallest absolute Gasteiger partial charge is 0.407 e. The van der Waals surface area contributed by atoms with Gasteiger partial charge in [0.25, 0.3) is 0 Å². The minimum absolute atomic E-state index is 0.0336. The third-order valence-corrected chi connectivity index (χ3v) is 7.33. The maximum absolute atomic E-state index is 13.4. The Kier molecular flexibility index (Phi) is 5.15.